The SMILES string of the molecule is CCOC(=O)C(=O)c1cc(F)c(C)cc1O. The molecule has 1 aromatic rings. The number of carbonyl (C=O) groups is 2. The fraction of sp³-hybridized carbons (Fsp3) is 0.273. The van der Waals surface area contributed by atoms with E-state index in [1.807, 2.05) is 0 Å². The first-order chi connectivity index (χ1) is 7.47. The fourth-order valence-electron chi connectivity index (χ4n) is 1.15. The van der Waals surface area contributed by atoms with Crippen molar-refractivity contribution in [1.82, 2.24) is 0 Å². The van der Waals surface area contributed by atoms with E-state index in [0.717, 1.165) is 12.1 Å². The largest absolute Gasteiger partial charge is 0.507 e. The molecule has 0 radical (unpaired) electrons. The van der Waals surface area contributed by atoms with Crippen molar-refractivity contribution in [2.45, 2.75) is 13.8 Å². The lowest BCUT2D eigenvalue weighted by molar-refractivity contribution is -0.137. The first kappa shape index (κ1) is 12.2. The van der Waals surface area contributed by atoms with Crippen LogP contribution in [0, 0.1) is 12.7 Å². The Kier molecular flexibility index (Phi) is 3.60. The highest BCUT2D eigenvalue weighted by Crippen LogP contribution is 2.22. The van der Waals surface area contributed by atoms with Crippen molar-refractivity contribution in [2.75, 3.05) is 6.61 Å². The zero-order valence-electron chi connectivity index (χ0n) is 8.91. The molecule has 0 unspecified atom stereocenters. The molecule has 1 rings (SSSR count). The van der Waals surface area contributed by atoms with Crippen molar-refractivity contribution in [1.29, 1.82) is 0 Å². The van der Waals surface area contributed by atoms with Gasteiger partial charge in [0, 0.05) is 0 Å². The lowest BCUT2D eigenvalue weighted by Gasteiger charge is -2.05. The summed E-state index contributed by atoms with van der Waals surface area (Å²) < 4.78 is 17.6. The minimum atomic E-state index is -1.11. The second kappa shape index (κ2) is 4.74. The minimum Gasteiger partial charge on any atom is -0.507 e. The van der Waals surface area contributed by atoms with E-state index in [2.05, 4.69) is 4.74 Å². The van der Waals surface area contributed by atoms with E-state index in [1.54, 1.807) is 6.92 Å². The predicted octanol–water partition coefficient (Wildman–Crippen LogP) is 1.59. The predicted molar refractivity (Wildman–Crippen MR) is 53.8 cm³/mol. The summed E-state index contributed by atoms with van der Waals surface area (Å²) >= 11 is 0. The molecular weight excluding hydrogens is 215 g/mol. The Morgan fingerprint density at radius 1 is 1.44 bits per heavy atom. The van der Waals surface area contributed by atoms with Crippen LogP contribution < -0.4 is 0 Å². The van der Waals surface area contributed by atoms with Gasteiger partial charge in [-0.25, -0.2) is 9.18 Å². The second-order valence-electron chi connectivity index (χ2n) is 3.17. The fourth-order valence-corrected chi connectivity index (χ4v) is 1.15. The Bertz CT molecular complexity index is 440. The molecule has 16 heavy (non-hydrogen) atoms. The van der Waals surface area contributed by atoms with Crippen LogP contribution in [0.1, 0.15) is 22.8 Å². The number of aryl methyl sites for hydroxylation is 1. The maximum absolute atomic E-state index is 13.2. The summed E-state index contributed by atoms with van der Waals surface area (Å²) in [6.45, 7) is 3.02. The van der Waals surface area contributed by atoms with Crippen molar-refractivity contribution in [3.05, 3.63) is 29.1 Å². The number of carbonyl (C=O) groups excluding carboxylic acids is 2. The monoisotopic (exact) mass is 226 g/mol. The van der Waals surface area contributed by atoms with Crippen LogP contribution in [-0.4, -0.2) is 23.5 Å². The molecule has 0 saturated heterocycles. The van der Waals surface area contributed by atoms with Crippen LogP contribution in [0.3, 0.4) is 0 Å². The number of phenols is 1. The van der Waals surface area contributed by atoms with Gasteiger partial charge in [-0.15, -0.1) is 0 Å². The maximum Gasteiger partial charge on any atom is 0.379 e. The van der Waals surface area contributed by atoms with Gasteiger partial charge >= 0.3 is 5.97 Å². The molecule has 0 bridgehead atoms. The van der Waals surface area contributed by atoms with Gasteiger partial charge in [0.1, 0.15) is 11.6 Å². The molecule has 0 aromatic heterocycles. The van der Waals surface area contributed by atoms with E-state index >= 15 is 0 Å². The smallest absolute Gasteiger partial charge is 0.379 e. The number of aromatic hydroxyl groups is 1. The Hall–Kier alpha value is -1.91. The van der Waals surface area contributed by atoms with Crippen molar-refractivity contribution >= 4 is 11.8 Å². The van der Waals surface area contributed by atoms with Crippen molar-refractivity contribution in [2.24, 2.45) is 0 Å². The van der Waals surface area contributed by atoms with Crippen molar-refractivity contribution in [3.8, 4) is 5.75 Å². The normalized spacial score (nSPS) is 9.94. The summed E-state index contributed by atoms with van der Waals surface area (Å²) in [5.74, 6) is -3.26. The average Bonchev–Trinajstić information content (AvgIpc) is 2.23. The number of benzene rings is 1. The molecule has 0 aliphatic rings. The van der Waals surface area contributed by atoms with E-state index in [0.29, 0.717) is 0 Å². The standard InChI is InChI=1S/C11H11FO4/c1-3-16-11(15)10(14)7-5-8(12)6(2)4-9(7)13/h4-5,13H,3H2,1-2H3. The molecule has 0 heterocycles. The van der Waals surface area contributed by atoms with E-state index in [1.165, 1.54) is 6.92 Å². The van der Waals surface area contributed by atoms with Gasteiger partial charge in [-0.05, 0) is 31.5 Å². The van der Waals surface area contributed by atoms with E-state index in [-0.39, 0.29) is 17.7 Å². The van der Waals surface area contributed by atoms with Crippen molar-refractivity contribution in [3.63, 3.8) is 0 Å². The highest BCUT2D eigenvalue weighted by molar-refractivity contribution is 6.41. The number of esters is 1. The third-order valence-corrected chi connectivity index (χ3v) is 1.98. The van der Waals surface area contributed by atoms with Gasteiger partial charge in [0.2, 0.25) is 0 Å². The number of Topliss-reactive ketones (excluding diaryl/α,β-unsaturated/α-hetero) is 1. The van der Waals surface area contributed by atoms with Crippen LogP contribution in [0.25, 0.3) is 0 Å². The first-order valence-corrected chi connectivity index (χ1v) is 4.68. The topological polar surface area (TPSA) is 63.6 Å². The van der Waals surface area contributed by atoms with Gasteiger partial charge < -0.3 is 9.84 Å². The molecule has 1 aromatic carbocycles. The lowest BCUT2D eigenvalue weighted by atomic mass is 10.1. The van der Waals surface area contributed by atoms with E-state index in [9.17, 15) is 19.1 Å². The molecule has 0 atom stereocenters. The number of phenolic OH excluding ortho intramolecular Hbond substituents is 1. The van der Waals surface area contributed by atoms with Crippen LogP contribution in [0.2, 0.25) is 0 Å². The van der Waals surface area contributed by atoms with Gasteiger partial charge in [-0.2, -0.15) is 0 Å². The van der Waals surface area contributed by atoms with Gasteiger partial charge in [-0.3, -0.25) is 4.79 Å². The summed E-state index contributed by atoms with van der Waals surface area (Å²) in [5.41, 5.74) is -0.195. The van der Waals surface area contributed by atoms with Crippen LogP contribution in [-0.2, 0) is 9.53 Å². The number of hydrogen-bond donors (Lipinski definition) is 1. The van der Waals surface area contributed by atoms with Gasteiger partial charge in [0.15, 0.2) is 0 Å². The first-order valence-electron chi connectivity index (χ1n) is 4.68. The van der Waals surface area contributed by atoms with Gasteiger partial charge in [0.05, 0.1) is 12.2 Å². The molecule has 0 aliphatic heterocycles. The maximum atomic E-state index is 13.2. The zero-order valence-corrected chi connectivity index (χ0v) is 8.91. The van der Waals surface area contributed by atoms with Crippen LogP contribution in [0.15, 0.2) is 12.1 Å². The highest BCUT2D eigenvalue weighted by atomic mass is 19.1. The summed E-state index contributed by atoms with van der Waals surface area (Å²) in [7, 11) is 0. The summed E-state index contributed by atoms with van der Waals surface area (Å²) in [6.07, 6.45) is 0. The third-order valence-electron chi connectivity index (χ3n) is 1.98. The molecule has 0 spiro atoms. The van der Waals surface area contributed by atoms with Crippen LogP contribution in [0.5, 0.6) is 5.75 Å². The van der Waals surface area contributed by atoms with Gasteiger partial charge in [0.25, 0.3) is 5.78 Å². The highest BCUT2D eigenvalue weighted by Gasteiger charge is 2.22. The summed E-state index contributed by atoms with van der Waals surface area (Å²) in [4.78, 5) is 22.5. The number of hydrogen-bond acceptors (Lipinski definition) is 4. The minimum absolute atomic E-state index is 0.0413. The average molecular weight is 226 g/mol. The Balaban J connectivity index is 3.09. The number of ketones is 1. The van der Waals surface area contributed by atoms with E-state index < -0.39 is 23.3 Å². The van der Waals surface area contributed by atoms with Crippen LogP contribution in [0.4, 0.5) is 4.39 Å². The molecule has 5 heteroatoms. The Labute approximate surface area is 91.7 Å². The second-order valence-corrected chi connectivity index (χ2v) is 3.17. The van der Waals surface area contributed by atoms with Crippen molar-refractivity contribution < 1.29 is 23.8 Å². The number of ether oxygens (including phenoxy) is 1. The molecule has 4 nitrogen and oxygen atoms in total. The Morgan fingerprint density at radius 3 is 2.62 bits per heavy atom. The Morgan fingerprint density at radius 2 is 2.06 bits per heavy atom. The zero-order chi connectivity index (χ0) is 12.3. The molecule has 86 valence electrons. The summed E-state index contributed by atoms with van der Waals surface area (Å²) in [5, 5.41) is 9.41. The lowest BCUT2D eigenvalue weighted by Crippen LogP contribution is -2.18. The summed E-state index contributed by atoms with van der Waals surface area (Å²) in [6, 6.07) is 1.91. The van der Waals surface area contributed by atoms with Gasteiger partial charge in [-0.1, -0.05) is 0 Å². The quantitative estimate of drug-likeness (QED) is 0.483. The van der Waals surface area contributed by atoms with E-state index in [4.69, 9.17) is 0 Å². The van der Waals surface area contributed by atoms with Crippen LogP contribution >= 0.6 is 0 Å². The number of rotatable bonds is 3. The third kappa shape index (κ3) is 2.36. The molecule has 0 amide bonds. The molecule has 1 N–H and O–H groups in total. The number of halogens is 1. The molecule has 0 aliphatic carbocycles. The molecule has 0 fully saturated rings. The molecular formula is C11H11FO4. The molecule has 0 saturated carbocycles.